The third-order valence-corrected chi connectivity index (χ3v) is 7.27. The standard InChI is InChI=1S/C24H34N2O6/c1-16(2)25-13-8-11-24-17(18-22(30)31-15-9-10-23(18,3)32-24)20(28)26(19(24)21(25)29)12-6-4-5-7-14-27/h8-11,16-19,27H,4-7,12-15H2,1-3H3/t17-,18-,19?,23+,24-/m0/s1. The lowest BCUT2D eigenvalue weighted by atomic mass is 9.75. The number of rotatable bonds is 7. The van der Waals surface area contributed by atoms with E-state index < -0.39 is 35.0 Å². The Hall–Kier alpha value is -2.19. The van der Waals surface area contributed by atoms with E-state index in [1.807, 2.05) is 32.1 Å². The molecule has 0 bridgehead atoms. The summed E-state index contributed by atoms with van der Waals surface area (Å²) in [4.78, 5) is 44.0. The number of aliphatic hydroxyl groups is 1. The number of unbranched alkanes of at least 4 members (excludes halogenated alkanes) is 3. The molecule has 4 aliphatic heterocycles. The molecule has 176 valence electrons. The van der Waals surface area contributed by atoms with Crippen molar-refractivity contribution in [1.29, 1.82) is 0 Å². The predicted molar refractivity (Wildman–Crippen MR) is 116 cm³/mol. The predicted octanol–water partition coefficient (Wildman–Crippen LogP) is 1.43. The number of nitrogens with zero attached hydrogens (tertiary/aromatic N) is 2. The number of fused-ring (bicyclic) bond motifs is 2. The average molecular weight is 447 g/mol. The highest BCUT2D eigenvalue weighted by molar-refractivity contribution is 5.99. The zero-order valence-electron chi connectivity index (χ0n) is 19.2. The van der Waals surface area contributed by atoms with E-state index in [4.69, 9.17) is 14.6 Å². The molecule has 8 heteroatoms. The third-order valence-electron chi connectivity index (χ3n) is 7.27. The van der Waals surface area contributed by atoms with E-state index >= 15 is 0 Å². The number of amides is 2. The summed E-state index contributed by atoms with van der Waals surface area (Å²) < 4.78 is 12.0. The second kappa shape index (κ2) is 8.63. The Morgan fingerprint density at radius 3 is 2.53 bits per heavy atom. The number of aliphatic hydroxyl groups excluding tert-OH is 1. The van der Waals surface area contributed by atoms with Gasteiger partial charge in [-0.25, -0.2) is 0 Å². The molecule has 0 saturated carbocycles. The van der Waals surface area contributed by atoms with Crippen LogP contribution in [0.2, 0.25) is 0 Å². The van der Waals surface area contributed by atoms with Gasteiger partial charge in [0.15, 0.2) is 0 Å². The molecule has 1 N–H and O–H groups in total. The van der Waals surface area contributed by atoms with Crippen molar-refractivity contribution in [1.82, 2.24) is 9.80 Å². The first kappa shape index (κ1) is 23.0. The molecule has 0 radical (unpaired) electrons. The van der Waals surface area contributed by atoms with E-state index in [9.17, 15) is 14.4 Å². The van der Waals surface area contributed by atoms with Gasteiger partial charge in [-0.1, -0.05) is 31.1 Å². The molecule has 1 spiro atoms. The summed E-state index contributed by atoms with van der Waals surface area (Å²) in [6, 6.07) is -0.848. The highest BCUT2D eigenvalue weighted by Crippen LogP contribution is 2.57. The van der Waals surface area contributed by atoms with Crippen LogP contribution in [0, 0.1) is 11.8 Å². The Balaban J connectivity index is 1.74. The Bertz CT molecular complexity index is 838. The first-order valence-corrected chi connectivity index (χ1v) is 11.7. The van der Waals surface area contributed by atoms with E-state index in [1.54, 1.807) is 22.8 Å². The van der Waals surface area contributed by atoms with Gasteiger partial charge in [0.05, 0.1) is 11.5 Å². The molecule has 2 fully saturated rings. The van der Waals surface area contributed by atoms with Gasteiger partial charge in [0.2, 0.25) is 11.8 Å². The minimum atomic E-state index is -1.21. The lowest BCUT2D eigenvalue weighted by Gasteiger charge is -2.38. The van der Waals surface area contributed by atoms with Crippen LogP contribution in [0.25, 0.3) is 0 Å². The molecule has 0 aliphatic carbocycles. The summed E-state index contributed by atoms with van der Waals surface area (Å²) in [5.74, 6) is -2.44. The molecule has 2 saturated heterocycles. The van der Waals surface area contributed by atoms with Gasteiger partial charge in [0.25, 0.3) is 0 Å². The van der Waals surface area contributed by atoms with Crippen LogP contribution < -0.4 is 0 Å². The van der Waals surface area contributed by atoms with E-state index in [2.05, 4.69) is 0 Å². The zero-order valence-corrected chi connectivity index (χ0v) is 19.2. The second-order valence-corrected chi connectivity index (χ2v) is 9.69. The zero-order chi connectivity index (χ0) is 23.1. The van der Waals surface area contributed by atoms with Crippen molar-refractivity contribution in [3.63, 3.8) is 0 Å². The molecule has 8 nitrogen and oxygen atoms in total. The van der Waals surface area contributed by atoms with E-state index in [0.717, 1.165) is 19.3 Å². The molecule has 0 aromatic carbocycles. The molecule has 0 aromatic heterocycles. The smallest absolute Gasteiger partial charge is 0.313 e. The number of carbonyl (C=O) groups excluding carboxylic acids is 3. The minimum absolute atomic E-state index is 0.0322. The van der Waals surface area contributed by atoms with Gasteiger partial charge < -0.3 is 24.4 Å². The van der Waals surface area contributed by atoms with Crippen LogP contribution in [-0.4, -0.2) is 82.3 Å². The SMILES string of the molecule is CC(C)N1CC=C[C@]23O[C@]4(C)C=CCOC(=O)[C@@H]4[C@H]2C(=O)N(CCCCCCO)C3C1=O. The number of hydrogen-bond acceptors (Lipinski definition) is 6. The van der Waals surface area contributed by atoms with Gasteiger partial charge in [0.1, 0.15) is 24.2 Å². The van der Waals surface area contributed by atoms with Gasteiger partial charge in [-0.3, -0.25) is 14.4 Å². The fourth-order valence-corrected chi connectivity index (χ4v) is 5.82. The maximum Gasteiger partial charge on any atom is 0.313 e. The molecule has 5 atom stereocenters. The van der Waals surface area contributed by atoms with Crippen molar-refractivity contribution >= 4 is 17.8 Å². The summed E-state index contributed by atoms with van der Waals surface area (Å²) >= 11 is 0. The van der Waals surface area contributed by atoms with Crippen molar-refractivity contribution in [2.75, 3.05) is 26.3 Å². The number of hydrogen-bond donors (Lipinski definition) is 1. The molecule has 32 heavy (non-hydrogen) atoms. The first-order valence-electron chi connectivity index (χ1n) is 11.7. The third kappa shape index (κ3) is 3.48. The van der Waals surface area contributed by atoms with Crippen LogP contribution in [0.1, 0.15) is 46.5 Å². The molecule has 1 unspecified atom stereocenters. The normalized spacial score (nSPS) is 36.2. The molecular weight excluding hydrogens is 412 g/mol. The molecule has 4 rings (SSSR count). The van der Waals surface area contributed by atoms with Crippen molar-refractivity contribution < 1.29 is 29.0 Å². The fourth-order valence-electron chi connectivity index (χ4n) is 5.82. The Labute approximate surface area is 189 Å². The molecule has 4 heterocycles. The largest absolute Gasteiger partial charge is 0.461 e. The lowest BCUT2D eigenvalue weighted by Crippen LogP contribution is -2.57. The maximum atomic E-state index is 13.8. The van der Waals surface area contributed by atoms with Crippen molar-refractivity contribution in [2.24, 2.45) is 11.8 Å². The molecular formula is C24H34N2O6. The first-order chi connectivity index (χ1) is 15.3. The quantitative estimate of drug-likeness (QED) is 0.361. The lowest BCUT2D eigenvalue weighted by molar-refractivity contribution is -0.158. The summed E-state index contributed by atoms with van der Waals surface area (Å²) in [6.07, 6.45) is 10.4. The topological polar surface area (TPSA) is 96.4 Å². The fraction of sp³-hybridized carbons (Fsp3) is 0.708. The Kier molecular flexibility index (Phi) is 6.20. The van der Waals surface area contributed by atoms with Crippen LogP contribution in [0.3, 0.4) is 0 Å². The minimum Gasteiger partial charge on any atom is -0.461 e. The number of ether oxygens (including phenoxy) is 2. The highest BCUT2D eigenvalue weighted by Gasteiger charge is 2.74. The van der Waals surface area contributed by atoms with Crippen LogP contribution in [0.15, 0.2) is 24.3 Å². The summed E-state index contributed by atoms with van der Waals surface area (Å²) in [5.41, 5.74) is -2.22. The highest BCUT2D eigenvalue weighted by atomic mass is 16.6. The second-order valence-electron chi connectivity index (χ2n) is 9.69. The summed E-state index contributed by atoms with van der Waals surface area (Å²) in [7, 11) is 0. The molecule has 2 amide bonds. The monoisotopic (exact) mass is 446 g/mol. The number of cyclic esters (lactones) is 1. The Morgan fingerprint density at radius 1 is 1.06 bits per heavy atom. The number of likely N-dealkylation sites (tertiary alicyclic amines) is 1. The summed E-state index contributed by atoms with van der Waals surface area (Å²) in [5, 5.41) is 9.02. The molecule has 4 aliphatic rings. The van der Waals surface area contributed by atoms with Crippen LogP contribution in [0.5, 0.6) is 0 Å². The van der Waals surface area contributed by atoms with Crippen LogP contribution in [0.4, 0.5) is 0 Å². The van der Waals surface area contributed by atoms with Gasteiger partial charge in [0, 0.05) is 25.7 Å². The van der Waals surface area contributed by atoms with Gasteiger partial charge >= 0.3 is 5.97 Å². The van der Waals surface area contributed by atoms with Crippen molar-refractivity contribution in [3.8, 4) is 0 Å². The average Bonchev–Trinajstić information content (AvgIpc) is 2.98. The van der Waals surface area contributed by atoms with Crippen LogP contribution >= 0.6 is 0 Å². The Morgan fingerprint density at radius 2 is 1.81 bits per heavy atom. The van der Waals surface area contributed by atoms with Gasteiger partial charge in [-0.2, -0.15) is 0 Å². The van der Waals surface area contributed by atoms with E-state index in [1.165, 1.54) is 0 Å². The number of esters is 1. The van der Waals surface area contributed by atoms with E-state index in [-0.39, 0.29) is 31.1 Å². The van der Waals surface area contributed by atoms with Crippen molar-refractivity contribution in [2.45, 2.75) is 69.7 Å². The summed E-state index contributed by atoms with van der Waals surface area (Å²) in [6.45, 7) is 6.86. The van der Waals surface area contributed by atoms with Gasteiger partial charge in [-0.05, 0) is 39.7 Å². The van der Waals surface area contributed by atoms with Crippen LogP contribution in [-0.2, 0) is 23.9 Å². The van der Waals surface area contributed by atoms with E-state index in [0.29, 0.717) is 19.5 Å². The van der Waals surface area contributed by atoms with Gasteiger partial charge in [-0.15, -0.1) is 0 Å². The van der Waals surface area contributed by atoms with Crippen molar-refractivity contribution in [3.05, 3.63) is 24.3 Å². The maximum absolute atomic E-state index is 13.8. The number of carbonyl (C=O) groups is 3. The molecule has 0 aromatic rings.